The zero-order valence-electron chi connectivity index (χ0n) is 19.0. The van der Waals surface area contributed by atoms with Crippen LogP contribution in [0.15, 0.2) is 47.4 Å². The molecule has 8 aliphatic carbocycles. The van der Waals surface area contributed by atoms with E-state index in [1.165, 1.54) is 49.0 Å². The summed E-state index contributed by atoms with van der Waals surface area (Å²) in [5.41, 5.74) is 2.10. The van der Waals surface area contributed by atoms with Crippen molar-refractivity contribution in [2.24, 2.45) is 40.9 Å². The first-order valence-electron chi connectivity index (χ1n) is 12.9. The van der Waals surface area contributed by atoms with Gasteiger partial charge in [-0.05, 0) is 137 Å². The molecule has 0 amide bonds. The average molecular weight is 421 g/mol. The Hall–Kier alpha value is -0.690. The maximum atomic E-state index is 4.25. The van der Waals surface area contributed by atoms with Crippen LogP contribution in [0.4, 0.5) is 0 Å². The topological polar surface area (TPSA) is 0 Å². The summed E-state index contributed by atoms with van der Waals surface area (Å²) in [5.74, 6) is 6.42. The molecule has 0 nitrogen and oxygen atoms in total. The molecular weight excluding hydrogens is 380 g/mol. The van der Waals surface area contributed by atoms with E-state index in [1.54, 1.807) is 38.5 Å². The molecule has 162 valence electrons. The van der Waals surface area contributed by atoms with Crippen molar-refractivity contribution in [2.45, 2.75) is 93.6 Å². The van der Waals surface area contributed by atoms with E-state index in [0.29, 0.717) is 10.2 Å². The lowest BCUT2D eigenvalue weighted by Gasteiger charge is -2.57. The highest BCUT2D eigenvalue weighted by atomic mass is 32.2. The van der Waals surface area contributed by atoms with E-state index in [9.17, 15) is 0 Å². The number of hydrogen-bond donors (Lipinski definition) is 0. The standard InChI is InChI=1S/C16H20S.C13H20/c1-2-4-15(5-3-1)17-16-9-12-6-13(10-16)8-14(7-12)11-16;1-9(2)13-6-10-3-11(7-13)5-12(4-10)8-13/h1-5,12-14H,6-11H2;10-12H,1,3-8H2,2H3. The Morgan fingerprint density at radius 2 is 1.10 bits per heavy atom. The van der Waals surface area contributed by atoms with Gasteiger partial charge in [0.05, 0.1) is 0 Å². The molecule has 8 saturated carbocycles. The molecule has 0 aromatic heterocycles. The first kappa shape index (κ1) is 20.0. The predicted octanol–water partition coefficient (Wildman–Crippen LogP) is 8.53. The second-order valence-electron chi connectivity index (χ2n) is 12.5. The Bertz CT molecular complexity index is 719. The summed E-state index contributed by atoms with van der Waals surface area (Å²) < 4.78 is 0.621. The van der Waals surface area contributed by atoms with Crippen LogP contribution in [0, 0.1) is 40.9 Å². The van der Waals surface area contributed by atoms with Crippen LogP contribution in [0.5, 0.6) is 0 Å². The van der Waals surface area contributed by atoms with Crippen LogP contribution in [0.3, 0.4) is 0 Å². The molecule has 1 aromatic rings. The molecule has 0 saturated heterocycles. The molecule has 1 heteroatoms. The van der Waals surface area contributed by atoms with Crippen LogP contribution in [-0.2, 0) is 0 Å². The molecule has 8 bridgehead atoms. The minimum absolute atomic E-state index is 0.606. The van der Waals surface area contributed by atoms with Gasteiger partial charge in [-0.1, -0.05) is 30.4 Å². The molecule has 0 atom stereocenters. The van der Waals surface area contributed by atoms with Crippen LogP contribution in [-0.4, -0.2) is 4.75 Å². The van der Waals surface area contributed by atoms with Gasteiger partial charge in [0, 0.05) is 9.64 Å². The van der Waals surface area contributed by atoms with Gasteiger partial charge in [0.1, 0.15) is 0 Å². The third-order valence-corrected chi connectivity index (χ3v) is 11.4. The fourth-order valence-electron chi connectivity index (χ4n) is 9.53. The Morgan fingerprint density at radius 1 is 0.700 bits per heavy atom. The first-order chi connectivity index (χ1) is 14.5. The lowest BCUT2D eigenvalue weighted by molar-refractivity contribution is -0.0301. The molecule has 0 aliphatic heterocycles. The van der Waals surface area contributed by atoms with E-state index < -0.39 is 0 Å². The highest BCUT2D eigenvalue weighted by molar-refractivity contribution is 8.00. The lowest BCUT2D eigenvalue weighted by atomic mass is 9.48. The first-order valence-corrected chi connectivity index (χ1v) is 13.7. The van der Waals surface area contributed by atoms with E-state index in [0.717, 1.165) is 35.5 Å². The largest absolute Gasteiger partial charge is 0.119 e. The highest BCUT2D eigenvalue weighted by Crippen LogP contribution is 2.63. The van der Waals surface area contributed by atoms with Crippen molar-refractivity contribution in [3.63, 3.8) is 0 Å². The molecule has 9 rings (SSSR count). The predicted molar refractivity (Wildman–Crippen MR) is 129 cm³/mol. The summed E-state index contributed by atoms with van der Waals surface area (Å²) in [6.07, 6.45) is 18.2. The van der Waals surface area contributed by atoms with Crippen LogP contribution in [0.25, 0.3) is 0 Å². The van der Waals surface area contributed by atoms with E-state index in [1.807, 2.05) is 0 Å². The smallest absolute Gasteiger partial charge is 0.0215 e. The van der Waals surface area contributed by atoms with Crippen LogP contribution in [0.1, 0.15) is 84.0 Å². The van der Waals surface area contributed by atoms with Gasteiger partial charge in [-0.3, -0.25) is 0 Å². The fraction of sp³-hybridized carbons (Fsp3) is 0.724. The molecule has 8 aliphatic rings. The van der Waals surface area contributed by atoms with E-state index in [4.69, 9.17) is 0 Å². The number of thioether (sulfide) groups is 1. The number of hydrogen-bond acceptors (Lipinski definition) is 1. The van der Waals surface area contributed by atoms with Crippen LogP contribution >= 0.6 is 11.8 Å². The quantitative estimate of drug-likeness (QED) is 0.441. The Balaban J connectivity index is 0.000000121. The second kappa shape index (κ2) is 7.43. The molecular formula is C29H40S. The summed E-state index contributed by atoms with van der Waals surface area (Å²) in [6, 6.07) is 11.1. The lowest BCUT2D eigenvalue weighted by Crippen LogP contribution is -2.48. The number of allylic oxidation sites excluding steroid dienone is 1. The van der Waals surface area contributed by atoms with Crippen LogP contribution < -0.4 is 0 Å². The molecule has 0 unspecified atom stereocenters. The van der Waals surface area contributed by atoms with Crippen molar-refractivity contribution in [3.8, 4) is 0 Å². The molecule has 1 aromatic carbocycles. The number of benzene rings is 1. The molecule has 0 radical (unpaired) electrons. The zero-order chi connectivity index (χ0) is 20.3. The van der Waals surface area contributed by atoms with E-state index >= 15 is 0 Å². The zero-order valence-corrected chi connectivity index (χ0v) is 19.8. The van der Waals surface area contributed by atoms with Crippen LogP contribution in [0.2, 0.25) is 0 Å². The average Bonchev–Trinajstić information content (AvgIpc) is 2.67. The van der Waals surface area contributed by atoms with Crippen molar-refractivity contribution < 1.29 is 0 Å². The molecule has 8 fully saturated rings. The SMILES string of the molecule is C=C(C)C12CC3CC(CC(C3)C1)C2.c1ccc(SC23CC4CC(CC(C4)C2)C3)cc1. The Kier molecular flexibility index (Phi) is 4.94. The Morgan fingerprint density at radius 3 is 1.50 bits per heavy atom. The summed E-state index contributed by atoms with van der Waals surface area (Å²) in [4.78, 5) is 1.49. The van der Waals surface area contributed by atoms with E-state index in [2.05, 4.69) is 55.6 Å². The van der Waals surface area contributed by atoms with Crippen molar-refractivity contribution >= 4 is 11.8 Å². The minimum atomic E-state index is 0.606. The number of rotatable bonds is 3. The van der Waals surface area contributed by atoms with Crippen molar-refractivity contribution in [1.29, 1.82) is 0 Å². The van der Waals surface area contributed by atoms with Gasteiger partial charge in [0.15, 0.2) is 0 Å². The normalized spacial score (nSPS) is 47.1. The van der Waals surface area contributed by atoms with E-state index in [-0.39, 0.29) is 0 Å². The third-order valence-electron chi connectivity index (χ3n) is 10.0. The molecule has 0 heterocycles. The van der Waals surface area contributed by atoms with Gasteiger partial charge in [0.25, 0.3) is 0 Å². The maximum absolute atomic E-state index is 4.25. The van der Waals surface area contributed by atoms with Gasteiger partial charge in [-0.15, -0.1) is 11.8 Å². The Labute approximate surface area is 188 Å². The van der Waals surface area contributed by atoms with Crippen molar-refractivity contribution in [2.75, 3.05) is 0 Å². The summed E-state index contributed by atoms with van der Waals surface area (Å²) in [5, 5.41) is 0. The molecule has 0 spiro atoms. The van der Waals surface area contributed by atoms with Gasteiger partial charge >= 0.3 is 0 Å². The van der Waals surface area contributed by atoms with Gasteiger partial charge in [-0.2, -0.15) is 0 Å². The molecule has 30 heavy (non-hydrogen) atoms. The van der Waals surface area contributed by atoms with Crippen molar-refractivity contribution in [1.82, 2.24) is 0 Å². The van der Waals surface area contributed by atoms with Gasteiger partial charge < -0.3 is 0 Å². The van der Waals surface area contributed by atoms with Gasteiger partial charge in [-0.25, -0.2) is 0 Å². The minimum Gasteiger partial charge on any atom is -0.119 e. The third kappa shape index (κ3) is 3.62. The summed E-state index contributed by atoms with van der Waals surface area (Å²) in [7, 11) is 0. The maximum Gasteiger partial charge on any atom is 0.0215 e. The monoisotopic (exact) mass is 420 g/mol. The van der Waals surface area contributed by atoms with Crippen molar-refractivity contribution in [3.05, 3.63) is 42.5 Å². The molecule has 0 N–H and O–H groups in total. The summed E-state index contributed by atoms with van der Waals surface area (Å²) in [6.45, 7) is 6.52. The van der Waals surface area contributed by atoms with Gasteiger partial charge in [0.2, 0.25) is 0 Å². The summed E-state index contributed by atoms with van der Waals surface area (Å²) >= 11 is 2.20. The highest BCUT2D eigenvalue weighted by Gasteiger charge is 2.52. The second-order valence-corrected chi connectivity index (χ2v) is 14.0. The fourth-order valence-corrected chi connectivity index (χ4v) is 11.3.